The van der Waals surface area contributed by atoms with Crippen LogP contribution in [0.4, 0.5) is 5.82 Å². The summed E-state index contributed by atoms with van der Waals surface area (Å²) in [6.45, 7) is 2.01. The lowest BCUT2D eigenvalue weighted by molar-refractivity contribution is -0.119. The molecule has 0 bridgehead atoms. The molecule has 5 N–H and O–H groups in total. The molecule has 0 radical (unpaired) electrons. The number of nitrogens with two attached hydrogens (primary N) is 1. The summed E-state index contributed by atoms with van der Waals surface area (Å²) in [5.74, 6) is 0.0999. The molecule has 6 heteroatoms. The highest BCUT2D eigenvalue weighted by molar-refractivity contribution is 6.11. The molecule has 0 saturated carbocycles. The molecule has 1 aromatic heterocycles. The summed E-state index contributed by atoms with van der Waals surface area (Å²) in [7, 11) is 1.74. The van der Waals surface area contributed by atoms with E-state index in [2.05, 4.69) is 15.6 Å². The number of amides is 2. The van der Waals surface area contributed by atoms with Gasteiger partial charge in [-0.3, -0.25) is 9.59 Å². The van der Waals surface area contributed by atoms with Crippen LogP contribution in [0.2, 0.25) is 0 Å². The summed E-state index contributed by atoms with van der Waals surface area (Å²) >= 11 is 0. The Morgan fingerprint density at radius 1 is 1.08 bits per heavy atom. The van der Waals surface area contributed by atoms with Crippen molar-refractivity contribution in [2.45, 2.75) is 13.5 Å². The van der Waals surface area contributed by atoms with Gasteiger partial charge in [0, 0.05) is 31.4 Å². The van der Waals surface area contributed by atoms with Crippen LogP contribution >= 0.6 is 0 Å². The number of fused-ring (bicyclic) bond motifs is 1. The maximum absolute atomic E-state index is 11.7. The third-order valence-corrected chi connectivity index (χ3v) is 4.12. The standard InChI is InChI=1S/C19H20N4O2/c1-11(24)22-10-12-3-5-13(6-4-12)14-7-8-15-16(9-14)23-19(21-2)17(15)18(20)25/h3-9,21,23H,10H2,1-2H3,(H2,20,25)(H,22,24). The summed E-state index contributed by atoms with van der Waals surface area (Å²) in [5.41, 5.74) is 9.91. The zero-order chi connectivity index (χ0) is 18.0. The lowest BCUT2D eigenvalue weighted by atomic mass is 10.0. The van der Waals surface area contributed by atoms with Gasteiger partial charge in [0.05, 0.1) is 5.56 Å². The molecule has 0 fully saturated rings. The minimum Gasteiger partial charge on any atom is -0.374 e. The van der Waals surface area contributed by atoms with Crippen molar-refractivity contribution >= 4 is 28.5 Å². The molecule has 0 unspecified atom stereocenters. The van der Waals surface area contributed by atoms with Crippen LogP contribution in [-0.4, -0.2) is 23.8 Å². The number of nitrogens with one attached hydrogen (secondary N) is 3. The Hall–Kier alpha value is -3.28. The molecule has 0 aliphatic rings. The van der Waals surface area contributed by atoms with Crippen molar-refractivity contribution < 1.29 is 9.59 Å². The number of aromatic amines is 1. The third kappa shape index (κ3) is 3.33. The SMILES string of the molecule is CNc1[nH]c2cc(-c3ccc(CNC(C)=O)cc3)ccc2c1C(N)=O. The fourth-order valence-electron chi connectivity index (χ4n) is 2.86. The monoisotopic (exact) mass is 336 g/mol. The number of benzene rings is 2. The number of carbonyl (C=O) groups is 2. The first-order chi connectivity index (χ1) is 12.0. The Balaban J connectivity index is 1.94. The van der Waals surface area contributed by atoms with Crippen LogP contribution < -0.4 is 16.4 Å². The number of primary amides is 1. The van der Waals surface area contributed by atoms with Crippen molar-refractivity contribution in [2.75, 3.05) is 12.4 Å². The number of H-pyrrole nitrogens is 1. The second kappa shape index (κ2) is 6.68. The van der Waals surface area contributed by atoms with Crippen molar-refractivity contribution in [1.29, 1.82) is 0 Å². The number of hydrogen-bond donors (Lipinski definition) is 4. The molecule has 2 aromatic carbocycles. The van der Waals surface area contributed by atoms with E-state index in [-0.39, 0.29) is 5.91 Å². The van der Waals surface area contributed by atoms with Crippen LogP contribution in [0.3, 0.4) is 0 Å². The molecule has 25 heavy (non-hydrogen) atoms. The maximum Gasteiger partial charge on any atom is 0.253 e. The molecular weight excluding hydrogens is 316 g/mol. The number of aromatic nitrogens is 1. The molecule has 3 rings (SSSR count). The molecular formula is C19H20N4O2. The van der Waals surface area contributed by atoms with Crippen molar-refractivity contribution in [2.24, 2.45) is 5.73 Å². The zero-order valence-electron chi connectivity index (χ0n) is 14.1. The molecule has 1 heterocycles. The van der Waals surface area contributed by atoms with Crippen LogP contribution in [0.15, 0.2) is 42.5 Å². The van der Waals surface area contributed by atoms with Gasteiger partial charge in [0.25, 0.3) is 5.91 Å². The van der Waals surface area contributed by atoms with E-state index in [4.69, 9.17) is 5.73 Å². The lowest BCUT2D eigenvalue weighted by Crippen LogP contribution is -2.18. The molecule has 6 nitrogen and oxygen atoms in total. The summed E-state index contributed by atoms with van der Waals surface area (Å²) in [6.07, 6.45) is 0. The summed E-state index contributed by atoms with van der Waals surface area (Å²) < 4.78 is 0. The fourth-order valence-corrected chi connectivity index (χ4v) is 2.86. The van der Waals surface area contributed by atoms with E-state index >= 15 is 0 Å². The van der Waals surface area contributed by atoms with Gasteiger partial charge in [0.1, 0.15) is 5.82 Å². The average Bonchev–Trinajstić information content (AvgIpc) is 2.98. The highest BCUT2D eigenvalue weighted by Gasteiger charge is 2.15. The van der Waals surface area contributed by atoms with E-state index in [0.717, 1.165) is 27.6 Å². The third-order valence-electron chi connectivity index (χ3n) is 4.12. The molecule has 0 aliphatic heterocycles. The van der Waals surface area contributed by atoms with Crippen LogP contribution in [0.1, 0.15) is 22.8 Å². The first kappa shape index (κ1) is 16.6. The van der Waals surface area contributed by atoms with Crippen molar-refractivity contribution in [3.63, 3.8) is 0 Å². The first-order valence-corrected chi connectivity index (χ1v) is 7.96. The van der Waals surface area contributed by atoms with Crippen LogP contribution in [0.25, 0.3) is 22.0 Å². The van der Waals surface area contributed by atoms with Gasteiger partial charge in [-0.1, -0.05) is 36.4 Å². The van der Waals surface area contributed by atoms with E-state index < -0.39 is 5.91 Å². The highest BCUT2D eigenvalue weighted by Crippen LogP contribution is 2.30. The Morgan fingerprint density at radius 3 is 2.36 bits per heavy atom. The minimum absolute atomic E-state index is 0.0492. The Labute approximate surface area is 145 Å². The lowest BCUT2D eigenvalue weighted by Gasteiger charge is -2.06. The normalized spacial score (nSPS) is 10.6. The predicted molar refractivity (Wildman–Crippen MR) is 99.3 cm³/mol. The summed E-state index contributed by atoms with van der Waals surface area (Å²) in [6, 6.07) is 13.8. The Morgan fingerprint density at radius 2 is 1.76 bits per heavy atom. The second-order valence-corrected chi connectivity index (χ2v) is 5.86. The van der Waals surface area contributed by atoms with Crippen LogP contribution in [-0.2, 0) is 11.3 Å². The van der Waals surface area contributed by atoms with Crippen LogP contribution in [0, 0.1) is 0 Å². The van der Waals surface area contributed by atoms with Gasteiger partial charge < -0.3 is 21.4 Å². The van der Waals surface area contributed by atoms with Gasteiger partial charge in [0.15, 0.2) is 0 Å². The number of anilines is 1. The molecule has 2 amide bonds. The molecule has 0 aliphatic carbocycles. The van der Waals surface area contributed by atoms with Gasteiger partial charge >= 0.3 is 0 Å². The Bertz CT molecular complexity index is 942. The molecule has 128 valence electrons. The molecule has 0 spiro atoms. The summed E-state index contributed by atoms with van der Waals surface area (Å²) in [4.78, 5) is 25.9. The zero-order valence-corrected chi connectivity index (χ0v) is 14.1. The number of hydrogen-bond acceptors (Lipinski definition) is 3. The van der Waals surface area contributed by atoms with Crippen molar-refractivity contribution in [3.05, 3.63) is 53.6 Å². The molecule has 0 saturated heterocycles. The van der Waals surface area contributed by atoms with Crippen molar-refractivity contribution in [1.82, 2.24) is 10.3 Å². The largest absolute Gasteiger partial charge is 0.374 e. The maximum atomic E-state index is 11.7. The molecule has 0 atom stereocenters. The average molecular weight is 336 g/mol. The van der Waals surface area contributed by atoms with E-state index in [1.165, 1.54) is 6.92 Å². The molecule has 3 aromatic rings. The number of rotatable bonds is 5. The van der Waals surface area contributed by atoms with E-state index in [1.807, 2.05) is 42.5 Å². The minimum atomic E-state index is -0.467. The highest BCUT2D eigenvalue weighted by atomic mass is 16.1. The van der Waals surface area contributed by atoms with Crippen molar-refractivity contribution in [3.8, 4) is 11.1 Å². The van der Waals surface area contributed by atoms with Gasteiger partial charge in [0.2, 0.25) is 5.91 Å². The van der Waals surface area contributed by atoms with Crippen LogP contribution in [0.5, 0.6) is 0 Å². The van der Waals surface area contributed by atoms with E-state index in [1.54, 1.807) is 7.05 Å². The van der Waals surface area contributed by atoms with E-state index in [0.29, 0.717) is 17.9 Å². The van der Waals surface area contributed by atoms with Gasteiger partial charge in [-0.25, -0.2) is 0 Å². The Kier molecular flexibility index (Phi) is 4.43. The predicted octanol–water partition coefficient (Wildman–Crippen LogP) is 2.61. The topological polar surface area (TPSA) is 100 Å². The second-order valence-electron chi connectivity index (χ2n) is 5.86. The van der Waals surface area contributed by atoms with E-state index in [9.17, 15) is 9.59 Å². The smallest absolute Gasteiger partial charge is 0.253 e. The number of carbonyl (C=O) groups excluding carboxylic acids is 2. The van der Waals surface area contributed by atoms with Gasteiger partial charge in [-0.15, -0.1) is 0 Å². The first-order valence-electron chi connectivity index (χ1n) is 7.96. The summed E-state index contributed by atoms with van der Waals surface area (Å²) in [5, 5.41) is 6.54. The quantitative estimate of drug-likeness (QED) is 0.576. The van der Waals surface area contributed by atoms with Gasteiger partial charge in [-0.2, -0.15) is 0 Å². The fraction of sp³-hybridized carbons (Fsp3) is 0.158. The van der Waals surface area contributed by atoms with Gasteiger partial charge in [-0.05, 0) is 22.8 Å².